The second-order valence-corrected chi connectivity index (χ2v) is 7.37. The first kappa shape index (κ1) is 18.6. The van der Waals surface area contributed by atoms with E-state index in [1.165, 1.54) is 12.4 Å². The minimum Gasteiger partial charge on any atom is -0.394 e. The Morgan fingerprint density at radius 3 is 2.58 bits per heavy atom. The number of aromatic amines is 1. The smallest absolute Gasteiger partial charge is 0.307 e. The van der Waals surface area contributed by atoms with Gasteiger partial charge < -0.3 is 14.8 Å². The maximum Gasteiger partial charge on any atom is 0.307 e. The quantitative estimate of drug-likeness (QED) is 0.655. The number of benzene rings is 1. The Morgan fingerprint density at radius 2 is 2.08 bits per heavy atom. The summed E-state index contributed by atoms with van der Waals surface area (Å²) in [7, 11) is -4.77. The van der Waals surface area contributed by atoms with Gasteiger partial charge in [0.05, 0.1) is 13.2 Å². The van der Waals surface area contributed by atoms with Crippen LogP contribution in [0.1, 0.15) is 42.3 Å². The van der Waals surface area contributed by atoms with Crippen LogP contribution in [0.15, 0.2) is 30.6 Å². The van der Waals surface area contributed by atoms with Crippen LogP contribution in [0.5, 0.6) is 0 Å². The molecule has 1 unspecified atom stereocenters. The van der Waals surface area contributed by atoms with Crippen LogP contribution < -0.4 is 0 Å². The number of aliphatic hydroxyl groups excluding tert-OH is 1. The second kappa shape index (κ2) is 7.02. The van der Waals surface area contributed by atoms with Gasteiger partial charge in [0.2, 0.25) is 0 Å². The van der Waals surface area contributed by atoms with E-state index >= 15 is 0 Å². The fraction of sp³-hybridized carbons (Fsp3) is 0.438. The van der Waals surface area contributed by atoms with Crippen molar-refractivity contribution in [3.63, 3.8) is 0 Å². The summed E-state index contributed by atoms with van der Waals surface area (Å²) in [5.74, 6) is -0.0830. The highest BCUT2D eigenvalue weighted by Crippen LogP contribution is 2.41. The first-order chi connectivity index (χ1) is 11.2. The van der Waals surface area contributed by atoms with E-state index in [0.717, 1.165) is 5.56 Å². The predicted molar refractivity (Wildman–Crippen MR) is 89.2 cm³/mol. The molecular weight excluding hydrogens is 332 g/mol. The molecule has 1 atom stereocenters. The molecule has 1 heterocycles. The molecule has 0 saturated heterocycles. The fourth-order valence-corrected chi connectivity index (χ4v) is 3.75. The Kier molecular flexibility index (Phi) is 5.44. The monoisotopic (exact) mass is 354 g/mol. The lowest BCUT2D eigenvalue weighted by atomic mass is 9.91. The summed E-state index contributed by atoms with van der Waals surface area (Å²) >= 11 is 0. The summed E-state index contributed by atoms with van der Waals surface area (Å²) in [5, 5.41) is 9.14. The molecule has 0 bridgehead atoms. The molecule has 2 rings (SSSR count). The van der Waals surface area contributed by atoms with Gasteiger partial charge in [0.15, 0.2) is 5.82 Å². The SMILES string of the molecule is Cc1ccc(C(C)C)c(C(OCCO)(c2ncc[nH]2)S(=O)(=O)O)c1. The molecule has 3 N–H and O–H groups in total. The molecule has 2 aromatic rings. The molecule has 0 saturated carbocycles. The van der Waals surface area contributed by atoms with Gasteiger partial charge in [-0.05, 0) is 18.4 Å². The Hall–Kier alpha value is -1.74. The second-order valence-electron chi connectivity index (χ2n) is 5.85. The van der Waals surface area contributed by atoms with E-state index in [9.17, 15) is 13.0 Å². The van der Waals surface area contributed by atoms with Gasteiger partial charge in [-0.1, -0.05) is 37.6 Å². The lowest BCUT2D eigenvalue weighted by Crippen LogP contribution is -2.42. The number of aliphatic hydroxyl groups is 1. The van der Waals surface area contributed by atoms with Crippen LogP contribution in [-0.4, -0.2) is 41.3 Å². The summed E-state index contributed by atoms with van der Waals surface area (Å²) in [6.45, 7) is 4.96. The molecule has 0 spiro atoms. The van der Waals surface area contributed by atoms with Gasteiger partial charge in [0.1, 0.15) is 0 Å². The van der Waals surface area contributed by atoms with Crippen molar-refractivity contribution in [3.8, 4) is 0 Å². The van der Waals surface area contributed by atoms with Gasteiger partial charge in [-0.15, -0.1) is 0 Å². The number of H-pyrrole nitrogens is 1. The molecule has 0 amide bonds. The molecule has 1 aromatic carbocycles. The van der Waals surface area contributed by atoms with E-state index in [1.54, 1.807) is 12.1 Å². The zero-order valence-corrected chi connectivity index (χ0v) is 14.7. The van der Waals surface area contributed by atoms with E-state index in [-0.39, 0.29) is 23.9 Å². The van der Waals surface area contributed by atoms with Gasteiger partial charge in [-0.2, -0.15) is 8.42 Å². The highest BCUT2D eigenvalue weighted by Gasteiger charge is 2.52. The van der Waals surface area contributed by atoms with Gasteiger partial charge >= 0.3 is 10.1 Å². The average Bonchev–Trinajstić information content (AvgIpc) is 3.01. The zero-order valence-electron chi connectivity index (χ0n) is 13.9. The van der Waals surface area contributed by atoms with Crippen molar-refractivity contribution in [1.29, 1.82) is 0 Å². The molecule has 0 aliphatic carbocycles. The molecule has 0 radical (unpaired) electrons. The largest absolute Gasteiger partial charge is 0.394 e. The third-order valence-corrected chi connectivity index (χ3v) is 5.01. The minimum atomic E-state index is -4.77. The lowest BCUT2D eigenvalue weighted by molar-refractivity contribution is 0.0102. The van der Waals surface area contributed by atoms with Crippen LogP contribution in [0.4, 0.5) is 0 Å². The van der Waals surface area contributed by atoms with Crippen LogP contribution in [0.2, 0.25) is 0 Å². The number of nitrogens with one attached hydrogen (secondary N) is 1. The van der Waals surface area contributed by atoms with Crippen molar-refractivity contribution >= 4 is 10.1 Å². The van der Waals surface area contributed by atoms with Gasteiger partial charge in [0.25, 0.3) is 4.93 Å². The van der Waals surface area contributed by atoms with Crippen LogP contribution in [0.3, 0.4) is 0 Å². The Labute approximate surface area is 141 Å². The minimum absolute atomic E-state index is 0.0191. The summed E-state index contributed by atoms with van der Waals surface area (Å²) in [5.41, 5.74) is 1.79. The third kappa shape index (κ3) is 3.23. The predicted octanol–water partition coefficient (Wildman–Crippen LogP) is 1.94. The molecule has 8 heteroatoms. The van der Waals surface area contributed by atoms with Crippen molar-refractivity contribution in [1.82, 2.24) is 9.97 Å². The average molecular weight is 354 g/mol. The van der Waals surface area contributed by atoms with Crippen molar-refractivity contribution in [2.24, 2.45) is 0 Å². The summed E-state index contributed by atoms with van der Waals surface area (Å²) in [6, 6.07) is 5.32. The number of hydrogen-bond donors (Lipinski definition) is 3. The molecule has 24 heavy (non-hydrogen) atoms. The maximum absolute atomic E-state index is 12.4. The van der Waals surface area contributed by atoms with E-state index < -0.39 is 21.7 Å². The highest BCUT2D eigenvalue weighted by molar-refractivity contribution is 7.86. The standard InChI is InChI=1S/C16H22N2O5S/c1-11(2)13-5-4-12(3)10-14(13)16(23-9-8-19,24(20,21)22)15-17-6-7-18-15/h4-7,10-11,19H,8-9H2,1-3H3,(H,17,18)(H,20,21,22). The number of nitrogens with zero attached hydrogens (tertiary/aromatic N) is 1. The normalized spacial score (nSPS) is 14.8. The number of rotatable bonds is 7. The Morgan fingerprint density at radius 1 is 1.38 bits per heavy atom. The summed E-state index contributed by atoms with van der Waals surface area (Å²) < 4.78 is 40.5. The van der Waals surface area contributed by atoms with Gasteiger partial charge in [-0.3, -0.25) is 4.55 Å². The van der Waals surface area contributed by atoms with Crippen molar-refractivity contribution in [3.05, 3.63) is 53.1 Å². The number of aryl methyl sites for hydroxylation is 1. The molecule has 0 fully saturated rings. The van der Waals surface area contributed by atoms with Crippen molar-refractivity contribution < 1.29 is 22.8 Å². The first-order valence-corrected chi connectivity index (χ1v) is 9.00. The molecule has 132 valence electrons. The van der Waals surface area contributed by atoms with Crippen LogP contribution in [-0.2, 0) is 19.8 Å². The number of aromatic nitrogens is 2. The molecule has 0 aliphatic rings. The van der Waals surface area contributed by atoms with Crippen molar-refractivity contribution in [2.45, 2.75) is 31.6 Å². The molecule has 1 aromatic heterocycles. The summed E-state index contributed by atoms with van der Waals surface area (Å²) in [4.78, 5) is 4.50. The third-order valence-electron chi connectivity index (χ3n) is 3.76. The van der Waals surface area contributed by atoms with Crippen LogP contribution in [0.25, 0.3) is 0 Å². The fourth-order valence-electron chi connectivity index (χ4n) is 2.70. The lowest BCUT2D eigenvalue weighted by Gasteiger charge is -2.32. The number of ether oxygens (including phenoxy) is 1. The number of imidazole rings is 1. The summed E-state index contributed by atoms with van der Waals surface area (Å²) in [6.07, 6.45) is 2.82. The van der Waals surface area contributed by atoms with E-state index in [2.05, 4.69) is 9.97 Å². The topological polar surface area (TPSA) is 113 Å². The molecule has 7 nitrogen and oxygen atoms in total. The molecule has 0 aliphatic heterocycles. The van der Waals surface area contributed by atoms with Crippen LogP contribution in [0, 0.1) is 6.92 Å². The number of hydrogen-bond acceptors (Lipinski definition) is 5. The van der Waals surface area contributed by atoms with Gasteiger partial charge in [-0.25, -0.2) is 4.98 Å². The maximum atomic E-state index is 12.4. The van der Waals surface area contributed by atoms with Crippen LogP contribution >= 0.6 is 0 Å². The van der Waals surface area contributed by atoms with Crippen molar-refractivity contribution in [2.75, 3.05) is 13.2 Å². The zero-order chi connectivity index (χ0) is 18.0. The first-order valence-electron chi connectivity index (χ1n) is 7.56. The van der Waals surface area contributed by atoms with E-state index in [0.29, 0.717) is 5.56 Å². The van der Waals surface area contributed by atoms with Gasteiger partial charge in [0, 0.05) is 18.0 Å². The highest BCUT2D eigenvalue weighted by atomic mass is 32.2. The molecular formula is C16H22N2O5S. The van der Waals surface area contributed by atoms with E-state index in [4.69, 9.17) is 9.84 Å². The Bertz CT molecular complexity index is 787. The van der Waals surface area contributed by atoms with E-state index in [1.807, 2.05) is 26.8 Å². The Balaban J connectivity index is 2.87.